The van der Waals surface area contributed by atoms with E-state index in [0.717, 1.165) is 11.1 Å². The van der Waals surface area contributed by atoms with Crippen LogP contribution in [0.1, 0.15) is 29.5 Å². The summed E-state index contributed by atoms with van der Waals surface area (Å²) in [6.45, 7) is 6.05. The Morgan fingerprint density at radius 3 is 2.29 bits per heavy atom. The summed E-state index contributed by atoms with van der Waals surface area (Å²) in [4.78, 5) is 16.0. The van der Waals surface area contributed by atoms with Gasteiger partial charge in [0.1, 0.15) is 23.8 Å². The molecule has 0 aliphatic heterocycles. The molecule has 3 aromatic rings. The summed E-state index contributed by atoms with van der Waals surface area (Å²) in [5.41, 5.74) is 3.14. The highest BCUT2D eigenvalue weighted by Crippen LogP contribution is 2.41. The molecule has 1 N–H and O–H groups in total. The Labute approximate surface area is 204 Å². The zero-order valence-electron chi connectivity index (χ0n) is 20.8. The van der Waals surface area contributed by atoms with E-state index in [0.29, 0.717) is 52.5 Å². The molecule has 0 unspecified atom stereocenters. The highest BCUT2D eigenvalue weighted by molar-refractivity contribution is 5.73. The van der Waals surface area contributed by atoms with Crippen LogP contribution in [0.15, 0.2) is 34.7 Å². The SMILES string of the molecule is CCO[C@@H](Cc1ccc(OCc2nc(-c3cc(OC)c(OC)c(OC)c3)oc2C)cc1C)C(=O)O. The first-order valence-electron chi connectivity index (χ1n) is 11.1. The van der Waals surface area contributed by atoms with Crippen LogP contribution in [0.3, 0.4) is 0 Å². The zero-order valence-corrected chi connectivity index (χ0v) is 20.8. The highest BCUT2D eigenvalue weighted by atomic mass is 16.5. The maximum absolute atomic E-state index is 11.4. The van der Waals surface area contributed by atoms with Gasteiger partial charge in [-0.25, -0.2) is 9.78 Å². The van der Waals surface area contributed by atoms with Crippen LogP contribution in [-0.4, -0.2) is 50.1 Å². The van der Waals surface area contributed by atoms with Crippen LogP contribution in [0.25, 0.3) is 11.5 Å². The molecule has 0 aliphatic carbocycles. The molecule has 0 fully saturated rings. The van der Waals surface area contributed by atoms with Crippen molar-refractivity contribution in [3.05, 3.63) is 52.9 Å². The monoisotopic (exact) mass is 485 g/mol. The van der Waals surface area contributed by atoms with Gasteiger partial charge in [-0.1, -0.05) is 6.07 Å². The molecule has 35 heavy (non-hydrogen) atoms. The Balaban J connectivity index is 1.75. The Hall–Kier alpha value is -3.72. The summed E-state index contributed by atoms with van der Waals surface area (Å²) in [5.74, 6) is 2.19. The number of aryl methyl sites for hydroxylation is 2. The molecule has 1 heterocycles. The molecule has 0 spiro atoms. The lowest BCUT2D eigenvalue weighted by molar-refractivity contribution is -0.149. The first-order valence-corrected chi connectivity index (χ1v) is 11.1. The number of carbonyl (C=O) groups is 1. The van der Waals surface area contributed by atoms with Crippen molar-refractivity contribution in [1.29, 1.82) is 0 Å². The predicted molar refractivity (Wildman–Crippen MR) is 129 cm³/mol. The highest BCUT2D eigenvalue weighted by Gasteiger charge is 2.20. The number of aromatic nitrogens is 1. The topological polar surface area (TPSA) is 109 Å². The normalized spacial score (nSPS) is 11.7. The van der Waals surface area contributed by atoms with Gasteiger partial charge in [0.25, 0.3) is 0 Å². The first kappa shape index (κ1) is 25.9. The molecule has 2 aromatic carbocycles. The van der Waals surface area contributed by atoms with Gasteiger partial charge >= 0.3 is 5.97 Å². The van der Waals surface area contributed by atoms with Crippen molar-refractivity contribution in [3.8, 4) is 34.5 Å². The van der Waals surface area contributed by atoms with Gasteiger partial charge < -0.3 is 33.2 Å². The lowest BCUT2D eigenvalue weighted by Gasteiger charge is -2.15. The predicted octanol–water partition coefficient (Wildman–Crippen LogP) is 4.60. The number of benzene rings is 2. The standard InChI is InChI=1S/C26H31NO8/c1-7-33-23(26(28)29)11-17-8-9-19(10-15(17)2)34-14-20-16(3)35-25(27-20)18-12-21(30-4)24(32-6)22(13-18)31-5/h8-10,12-13,23H,7,11,14H2,1-6H3,(H,28,29)/t23-/m0/s1. The van der Waals surface area contributed by atoms with E-state index in [-0.39, 0.29) is 13.0 Å². The summed E-state index contributed by atoms with van der Waals surface area (Å²) >= 11 is 0. The van der Waals surface area contributed by atoms with Crippen molar-refractivity contribution in [3.63, 3.8) is 0 Å². The van der Waals surface area contributed by atoms with Crippen molar-refractivity contribution in [2.45, 2.75) is 39.9 Å². The van der Waals surface area contributed by atoms with E-state index in [1.807, 2.05) is 32.0 Å². The maximum Gasteiger partial charge on any atom is 0.333 e. The van der Waals surface area contributed by atoms with E-state index < -0.39 is 12.1 Å². The van der Waals surface area contributed by atoms with E-state index in [1.165, 1.54) is 0 Å². The van der Waals surface area contributed by atoms with Gasteiger partial charge in [-0.2, -0.15) is 0 Å². The third-order valence-electron chi connectivity index (χ3n) is 5.54. The lowest BCUT2D eigenvalue weighted by Crippen LogP contribution is -2.26. The van der Waals surface area contributed by atoms with Crippen LogP contribution in [0.4, 0.5) is 0 Å². The Bertz CT molecular complexity index is 1150. The van der Waals surface area contributed by atoms with Crippen LogP contribution >= 0.6 is 0 Å². The molecule has 0 saturated carbocycles. The van der Waals surface area contributed by atoms with Crippen LogP contribution in [0.5, 0.6) is 23.0 Å². The number of carboxylic acids is 1. The second kappa shape index (κ2) is 11.6. The van der Waals surface area contributed by atoms with Crippen molar-refractivity contribution < 1.29 is 38.0 Å². The average molecular weight is 486 g/mol. The fraction of sp³-hybridized carbons (Fsp3) is 0.385. The molecule has 3 rings (SSSR count). The third-order valence-corrected chi connectivity index (χ3v) is 5.54. The summed E-state index contributed by atoms with van der Waals surface area (Å²) < 4.78 is 33.3. The number of hydrogen-bond donors (Lipinski definition) is 1. The Morgan fingerprint density at radius 1 is 1.06 bits per heavy atom. The van der Waals surface area contributed by atoms with E-state index >= 15 is 0 Å². The van der Waals surface area contributed by atoms with Gasteiger partial charge in [0.15, 0.2) is 17.6 Å². The van der Waals surface area contributed by atoms with Crippen molar-refractivity contribution in [2.75, 3.05) is 27.9 Å². The quantitative estimate of drug-likeness (QED) is 0.394. The number of methoxy groups -OCH3 is 3. The van der Waals surface area contributed by atoms with Gasteiger partial charge in [-0.15, -0.1) is 0 Å². The number of carboxylic acid groups (broad SMARTS) is 1. The van der Waals surface area contributed by atoms with Crippen molar-refractivity contribution in [1.82, 2.24) is 4.98 Å². The second-order valence-electron chi connectivity index (χ2n) is 7.80. The van der Waals surface area contributed by atoms with Gasteiger partial charge in [0, 0.05) is 18.6 Å². The smallest absolute Gasteiger partial charge is 0.333 e. The molecule has 0 aliphatic rings. The minimum absolute atomic E-state index is 0.204. The molecule has 0 bridgehead atoms. The van der Waals surface area contributed by atoms with E-state index in [2.05, 4.69) is 4.98 Å². The van der Waals surface area contributed by atoms with Crippen molar-refractivity contribution in [2.24, 2.45) is 0 Å². The second-order valence-corrected chi connectivity index (χ2v) is 7.80. The van der Waals surface area contributed by atoms with Crippen LogP contribution in [0, 0.1) is 13.8 Å². The first-order chi connectivity index (χ1) is 16.8. The molecule has 1 atom stereocenters. The lowest BCUT2D eigenvalue weighted by atomic mass is 10.0. The van der Waals surface area contributed by atoms with Gasteiger partial charge in [-0.05, 0) is 56.2 Å². The number of rotatable bonds is 12. The van der Waals surface area contributed by atoms with Crippen molar-refractivity contribution >= 4 is 5.97 Å². The largest absolute Gasteiger partial charge is 0.493 e. The van der Waals surface area contributed by atoms with E-state index in [1.54, 1.807) is 40.4 Å². The number of hydrogen-bond acceptors (Lipinski definition) is 8. The maximum atomic E-state index is 11.4. The summed E-state index contributed by atoms with van der Waals surface area (Å²) in [7, 11) is 4.64. The van der Waals surface area contributed by atoms with E-state index in [4.69, 9.17) is 28.1 Å². The third kappa shape index (κ3) is 6.05. The fourth-order valence-electron chi connectivity index (χ4n) is 3.65. The molecule has 0 saturated heterocycles. The molecule has 188 valence electrons. The van der Waals surface area contributed by atoms with Gasteiger partial charge in [0.05, 0.1) is 21.3 Å². The number of oxazole rings is 1. The molecule has 9 heteroatoms. The molecule has 9 nitrogen and oxygen atoms in total. The molecule has 0 amide bonds. The number of ether oxygens (including phenoxy) is 5. The Kier molecular flexibility index (Phi) is 8.59. The zero-order chi connectivity index (χ0) is 25.5. The molecule has 1 aromatic heterocycles. The van der Waals surface area contributed by atoms with Crippen LogP contribution < -0.4 is 18.9 Å². The van der Waals surface area contributed by atoms with Crippen LogP contribution in [-0.2, 0) is 22.6 Å². The fourth-order valence-corrected chi connectivity index (χ4v) is 3.65. The summed E-state index contributed by atoms with van der Waals surface area (Å²) in [5, 5.41) is 9.33. The minimum atomic E-state index is -0.976. The van der Waals surface area contributed by atoms with Gasteiger partial charge in [-0.3, -0.25) is 0 Å². The van der Waals surface area contributed by atoms with E-state index in [9.17, 15) is 9.90 Å². The molecular weight excluding hydrogens is 454 g/mol. The number of nitrogens with zero attached hydrogens (tertiary/aromatic N) is 1. The van der Waals surface area contributed by atoms with Gasteiger partial charge in [0.2, 0.25) is 11.6 Å². The summed E-state index contributed by atoms with van der Waals surface area (Å²) in [6.07, 6.45) is -0.590. The Morgan fingerprint density at radius 2 is 1.74 bits per heavy atom. The van der Waals surface area contributed by atoms with Crippen LogP contribution in [0.2, 0.25) is 0 Å². The molecule has 0 radical (unpaired) electrons. The summed E-state index contributed by atoms with van der Waals surface area (Å²) in [6, 6.07) is 9.08. The average Bonchev–Trinajstić information content (AvgIpc) is 3.22. The number of aliphatic carboxylic acids is 1. The molecular formula is C26H31NO8. The minimum Gasteiger partial charge on any atom is -0.493 e.